The first-order valence-electron chi connectivity index (χ1n) is 7.57. The molecular formula is C20H14NO4-. The molecule has 0 aromatic heterocycles. The summed E-state index contributed by atoms with van der Waals surface area (Å²) >= 11 is 0. The molecule has 1 amide bonds. The van der Waals surface area contributed by atoms with Crippen molar-refractivity contribution in [1.82, 2.24) is 0 Å². The van der Waals surface area contributed by atoms with Gasteiger partial charge in [0, 0.05) is 11.3 Å². The number of para-hydroxylation sites is 2. The Morgan fingerprint density at radius 1 is 0.760 bits per heavy atom. The third kappa shape index (κ3) is 3.35. The van der Waals surface area contributed by atoms with Crippen LogP contribution in [0.4, 0.5) is 5.69 Å². The Kier molecular flexibility index (Phi) is 4.48. The molecule has 3 aromatic rings. The summed E-state index contributed by atoms with van der Waals surface area (Å²) in [7, 11) is 0. The summed E-state index contributed by atoms with van der Waals surface area (Å²) in [5.74, 6) is -1.84. The second-order valence-electron chi connectivity index (χ2n) is 5.35. The van der Waals surface area contributed by atoms with Crippen LogP contribution in [0.25, 0.3) is 11.1 Å². The van der Waals surface area contributed by atoms with Crippen molar-refractivity contribution < 1.29 is 19.8 Å². The minimum Gasteiger partial charge on any atom is -0.871 e. The minimum absolute atomic E-state index is 0.104. The number of nitrogens with one attached hydrogen (secondary N) is 1. The minimum atomic E-state index is -1.07. The summed E-state index contributed by atoms with van der Waals surface area (Å²) in [4.78, 5) is 24.1. The van der Waals surface area contributed by atoms with Gasteiger partial charge in [-0.05, 0) is 29.3 Å². The van der Waals surface area contributed by atoms with E-state index in [0.717, 1.165) is 0 Å². The van der Waals surface area contributed by atoms with Gasteiger partial charge in [-0.3, -0.25) is 4.79 Å². The van der Waals surface area contributed by atoms with Gasteiger partial charge in [-0.1, -0.05) is 60.3 Å². The number of anilines is 1. The van der Waals surface area contributed by atoms with Crippen molar-refractivity contribution in [2.24, 2.45) is 0 Å². The van der Waals surface area contributed by atoms with E-state index in [9.17, 15) is 19.8 Å². The fraction of sp³-hybridized carbons (Fsp3) is 0. The van der Waals surface area contributed by atoms with Gasteiger partial charge in [-0.25, -0.2) is 4.79 Å². The molecule has 0 radical (unpaired) electrons. The van der Waals surface area contributed by atoms with E-state index in [1.807, 2.05) is 0 Å². The van der Waals surface area contributed by atoms with Crippen LogP contribution in [-0.4, -0.2) is 17.0 Å². The van der Waals surface area contributed by atoms with E-state index < -0.39 is 11.9 Å². The van der Waals surface area contributed by atoms with Gasteiger partial charge in [-0.15, -0.1) is 0 Å². The molecule has 0 atom stereocenters. The molecule has 0 aliphatic rings. The lowest BCUT2D eigenvalue weighted by Gasteiger charge is -2.16. The van der Waals surface area contributed by atoms with Crippen molar-refractivity contribution in [2.75, 3.05) is 5.32 Å². The molecule has 5 nitrogen and oxygen atoms in total. The van der Waals surface area contributed by atoms with E-state index >= 15 is 0 Å². The van der Waals surface area contributed by atoms with Crippen molar-refractivity contribution in [1.29, 1.82) is 0 Å². The highest BCUT2D eigenvalue weighted by molar-refractivity contribution is 6.10. The Balaban J connectivity index is 2.04. The maximum Gasteiger partial charge on any atom is 0.336 e. The molecular weight excluding hydrogens is 318 g/mol. The fourth-order valence-electron chi connectivity index (χ4n) is 2.58. The highest BCUT2D eigenvalue weighted by atomic mass is 16.4. The molecule has 0 bridgehead atoms. The van der Waals surface area contributed by atoms with Crippen LogP contribution in [0.5, 0.6) is 5.75 Å². The number of hydrogen-bond acceptors (Lipinski definition) is 3. The second-order valence-corrected chi connectivity index (χ2v) is 5.35. The molecule has 2 N–H and O–H groups in total. The van der Waals surface area contributed by atoms with Gasteiger partial charge >= 0.3 is 5.97 Å². The zero-order chi connectivity index (χ0) is 17.8. The van der Waals surface area contributed by atoms with Gasteiger partial charge in [0.25, 0.3) is 5.91 Å². The maximum atomic E-state index is 12.6. The Hall–Kier alpha value is -3.60. The number of hydrogen-bond donors (Lipinski definition) is 2. The number of aromatic carboxylic acids is 1. The van der Waals surface area contributed by atoms with Crippen molar-refractivity contribution in [3.8, 4) is 16.9 Å². The van der Waals surface area contributed by atoms with Crippen LogP contribution >= 0.6 is 0 Å². The second kappa shape index (κ2) is 6.88. The number of carboxylic acid groups (broad SMARTS) is 1. The average molecular weight is 332 g/mol. The number of carbonyl (C=O) groups is 2. The van der Waals surface area contributed by atoms with Crippen LogP contribution in [-0.2, 0) is 0 Å². The molecule has 0 heterocycles. The molecule has 0 aliphatic heterocycles. The monoisotopic (exact) mass is 332 g/mol. The summed E-state index contributed by atoms with van der Waals surface area (Å²) in [5, 5.41) is 23.8. The third-order valence-electron chi connectivity index (χ3n) is 3.75. The predicted octanol–water partition coefficient (Wildman–Crippen LogP) is 3.38. The molecule has 0 fully saturated rings. The molecule has 0 spiro atoms. The van der Waals surface area contributed by atoms with Gasteiger partial charge in [-0.2, -0.15) is 0 Å². The first-order valence-corrected chi connectivity index (χ1v) is 7.57. The van der Waals surface area contributed by atoms with E-state index in [4.69, 9.17) is 0 Å². The molecule has 3 aromatic carbocycles. The smallest absolute Gasteiger partial charge is 0.336 e. The molecule has 0 aliphatic carbocycles. The van der Waals surface area contributed by atoms with E-state index in [1.165, 1.54) is 18.2 Å². The fourth-order valence-corrected chi connectivity index (χ4v) is 2.58. The van der Waals surface area contributed by atoms with Gasteiger partial charge in [0.15, 0.2) is 0 Å². The highest BCUT2D eigenvalue weighted by Gasteiger charge is 2.17. The number of carbonyl (C=O) groups excluding carboxylic acids is 1. The predicted molar refractivity (Wildman–Crippen MR) is 92.7 cm³/mol. The van der Waals surface area contributed by atoms with Crippen LogP contribution < -0.4 is 10.4 Å². The van der Waals surface area contributed by atoms with Crippen molar-refractivity contribution in [3.05, 3.63) is 83.9 Å². The first kappa shape index (κ1) is 16.3. The maximum absolute atomic E-state index is 12.6. The summed E-state index contributed by atoms with van der Waals surface area (Å²) in [6.45, 7) is 0. The van der Waals surface area contributed by atoms with Crippen LogP contribution in [0.15, 0.2) is 72.8 Å². The Morgan fingerprint density at radius 3 is 1.92 bits per heavy atom. The van der Waals surface area contributed by atoms with E-state index in [0.29, 0.717) is 16.7 Å². The molecule has 5 heteroatoms. The Morgan fingerprint density at radius 2 is 1.28 bits per heavy atom. The number of carboxylic acids is 1. The van der Waals surface area contributed by atoms with Gasteiger partial charge in [0.2, 0.25) is 0 Å². The zero-order valence-corrected chi connectivity index (χ0v) is 13.1. The number of benzene rings is 3. The van der Waals surface area contributed by atoms with Crippen LogP contribution in [0.2, 0.25) is 0 Å². The lowest BCUT2D eigenvalue weighted by atomic mass is 9.95. The normalized spacial score (nSPS) is 10.2. The van der Waals surface area contributed by atoms with Crippen molar-refractivity contribution in [3.63, 3.8) is 0 Å². The largest absolute Gasteiger partial charge is 0.871 e. The lowest BCUT2D eigenvalue weighted by Crippen LogP contribution is -2.15. The summed E-state index contributed by atoms with van der Waals surface area (Å²) < 4.78 is 0. The average Bonchev–Trinajstić information content (AvgIpc) is 2.63. The molecule has 0 unspecified atom stereocenters. The number of amides is 1. The van der Waals surface area contributed by atoms with Crippen molar-refractivity contribution >= 4 is 17.6 Å². The third-order valence-corrected chi connectivity index (χ3v) is 3.75. The topological polar surface area (TPSA) is 89.5 Å². The Bertz CT molecular complexity index is 950. The summed E-state index contributed by atoms with van der Waals surface area (Å²) in [5.41, 5.74) is 1.50. The zero-order valence-electron chi connectivity index (χ0n) is 13.1. The van der Waals surface area contributed by atoms with Crippen LogP contribution in [0.1, 0.15) is 20.7 Å². The number of rotatable bonds is 4. The van der Waals surface area contributed by atoms with Crippen LogP contribution in [0, 0.1) is 0 Å². The molecule has 25 heavy (non-hydrogen) atoms. The quantitative estimate of drug-likeness (QED) is 0.766. The van der Waals surface area contributed by atoms with Gasteiger partial charge < -0.3 is 15.5 Å². The standard InChI is InChI=1S/C20H15NO4/c22-18-12-6-5-11-17(18)21-19(23)15-9-3-1-7-13(15)14-8-2-4-10-16(14)20(24)25/h1-12,22H,(H,21,23)(H,24,25)/p-1. The van der Waals surface area contributed by atoms with E-state index in [-0.39, 0.29) is 17.0 Å². The lowest BCUT2D eigenvalue weighted by molar-refractivity contribution is -0.267. The molecule has 3 rings (SSSR count). The molecule has 124 valence electrons. The first-order chi connectivity index (χ1) is 12.1. The van der Waals surface area contributed by atoms with E-state index in [1.54, 1.807) is 54.6 Å². The van der Waals surface area contributed by atoms with Crippen molar-refractivity contribution in [2.45, 2.75) is 0 Å². The highest BCUT2D eigenvalue weighted by Crippen LogP contribution is 2.28. The summed E-state index contributed by atoms with van der Waals surface area (Å²) in [6.07, 6.45) is 0. The molecule has 0 saturated carbocycles. The summed E-state index contributed by atoms with van der Waals surface area (Å²) in [6, 6.07) is 19.3. The van der Waals surface area contributed by atoms with Gasteiger partial charge in [0.1, 0.15) is 0 Å². The SMILES string of the molecule is O=C(O)c1ccccc1-c1ccccc1C(=O)Nc1ccccc1[O-]. The molecule has 0 saturated heterocycles. The van der Waals surface area contributed by atoms with Crippen LogP contribution in [0.3, 0.4) is 0 Å². The van der Waals surface area contributed by atoms with Gasteiger partial charge in [0.05, 0.1) is 5.56 Å². The van der Waals surface area contributed by atoms with E-state index in [2.05, 4.69) is 5.32 Å². The Labute approximate surface area is 144 Å².